The third-order valence-electron chi connectivity index (χ3n) is 4.76. The van der Waals surface area contributed by atoms with Crippen LogP contribution in [0.5, 0.6) is 0 Å². The van der Waals surface area contributed by atoms with Gasteiger partial charge in [0.05, 0.1) is 24.4 Å². The molecule has 1 fully saturated rings. The van der Waals surface area contributed by atoms with Crippen molar-refractivity contribution in [1.29, 1.82) is 0 Å². The highest BCUT2D eigenvalue weighted by molar-refractivity contribution is 5.93. The van der Waals surface area contributed by atoms with E-state index in [-0.39, 0.29) is 23.7 Å². The lowest BCUT2D eigenvalue weighted by Gasteiger charge is -2.22. The molecule has 1 heterocycles. The molecule has 0 radical (unpaired) electrons. The molecule has 2 aromatic rings. The monoisotopic (exact) mass is 355 g/mol. The molecule has 1 saturated carbocycles. The Morgan fingerprint density at radius 2 is 2.04 bits per heavy atom. The molecule has 1 aliphatic carbocycles. The van der Waals surface area contributed by atoms with Gasteiger partial charge in [-0.3, -0.25) is 9.59 Å². The first kappa shape index (κ1) is 18.2. The zero-order valence-corrected chi connectivity index (χ0v) is 15.1. The van der Waals surface area contributed by atoms with Gasteiger partial charge in [0, 0.05) is 13.1 Å². The maximum atomic E-state index is 12.8. The molecule has 5 nitrogen and oxygen atoms in total. The molecule has 1 aromatic carbocycles. The standard InChI is InChI=1S/C21H25NO4/c1-2-26-21(24)19-13-18(19)14-22(20(23)17-10-12-25-15-17)11-6-9-16-7-4-3-5-8-16/h3-5,7-8,10,12,15,18-19H,2,6,9,11,13-14H2,1H3/t18-,19+/m1/s1. The van der Waals surface area contributed by atoms with Crippen LogP contribution in [0.1, 0.15) is 35.7 Å². The number of nitrogens with zero attached hydrogens (tertiary/aromatic N) is 1. The Labute approximate surface area is 153 Å². The van der Waals surface area contributed by atoms with Gasteiger partial charge < -0.3 is 14.1 Å². The molecule has 5 heteroatoms. The van der Waals surface area contributed by atoms with Crippen LogP contribution in [0.15, 0.2) is 53.3 Å². The van der Waals surface area contributed by atoms with Crippen molar-refractivity contribution in [2.45, 2.75) is 26.2 Å². The van der Waals surface area contributed by atoms with Crippen LogP contribution in [0.25, 0.3) is 0 Å². The van der Waals surface area contributed by atoms with E-state index in [9.17, 15) is 9.59 Å². The Balaban J connectivity index is 1.57. The summed E-state index contributed by atoms with van der Waals surface area (Å²) in [4.78, 5) is 26.5. The lowest BCUT2D eigenvalue weighted by molar-refractivity contribution is -0.145. The summed E-state index contributed by atoms with van der Waals surface area (Å²) in [5.74, 6) is -0.0517. The first-order valence-electron chi connectivity index (χ1n) is 9.21. The van der Waals surface area contributed by atoms with E-state index in [0.29, 0.717) is 25.3 Å². The lowest BCUT2D eigenvalue weighted by Crippen LogP contribution is -2.34. The van der Waals surface area contributed by atoms with Gasteiger partial charge in [-0.1, -0.05) is 30.3 Å². The summed E-state index contributed by atoms with van der Waals surface area (Å²) >= 11 is 0. The number of carbonyl (C=O) groups excluding carboxylic acids is 2. The summed E-state index contributed by atoms with van der Waals surface area (Å²) in [6.07, 6.45) is 5.58. The number of furan rings is 1. The number of aryl methyl sites for hydroxylation is 1. The quantitative estimate of drug-likeness (QED) is 0.646. The minimum atomic E-state index is -0.141. The summed E-state index contributed by atoms with van der Waals surface area (Å²) in [5, 5.41) is 0. The van der Waals surface area contributed by atoms with Crippen LogP contribution in [0.4, 0.5) is 0 Å². The molecule has 0 saturated heterocycles. The summed E-state index contributed by atoms with van der Waals surface area (Å²) in [6, 6.07) is 11.9. The largest absolute Gasteiger partial charge is 0.472 e. The molecule has 0 spiro atoms. The van der Waals surface area contributed by atoms with Gasteiger partial charge in [0.15, 0.2) is 0 Å². The van der Waals surface area contributed by atoms with Crippen LogP contribution in [0.3, 0.4) is 0 Å². The number of ether oxygens (including phenoxy) is 1. The second kappa shape index (κ2) is 8.70. The minimum Gasteiger partial charge on any atom is -0.472 e. The Bertz CT molecular complexity index is 711. The number of hydrogen-bond donors (Lipinski definition) is 0. The van der Waals surface area contributed by atoms with Crippen molar-refractivity contribution in [2.75, 3.05) is 19.7 Å². The average molecular weight is 355 g/mol. The molecule has 1 amide bonds. The van der Waals surface area contributed by atoms with Crippen LogP contribution in [-0.4, -0.2) is 36.5 Å². The van der Waals surface area contributed by atoms with Gasteiger partial charge in [0.1, 0.15) is 6.26 Å². The minimum absolute atomic E-state index is 0.0404. The fourth-order valence-corrected chi connectivity index (χ4v) is 3.23. The van der Waals surface area contributed by atoms with Crippen LogP contribution in [-0.2, 0) is 16.0 Å². The van der Waals surface area contributed by atoms with Crippen LogP contribution < -0.4 is 0 Å². The maximum absolute atomic E-state index is 12.8. The Morgan fingerprint density at radius 3 is 2.73 bits per heavy atom. The van der Waals surface area contributed by atoms with Gasteiger partial charge in [-0.2, -0.15) is 0 Å². The summed E-state index contributed by atoms with van der Waals surface area (Å²) < 4.78 is 10.1. The third kappa shape index (κ3) is 4.75. The van der Waals surface area contributed by atoms with Gasteiger partial charge in [0.2, 0.25) is 0 Å². The number of rotatable bonds is 9. The van der Waals surface area contributed by atoms with Crippen molar-refractivity contribution in [3.63, 3.8) is 0 Å². The smallest absolute Gasteiger partial charge is 0.309 e. The Morgan fingerprint density at radius 1 is 1.23 bits per heavy atom. The summed E-state index contributed by atoms with van der Waals surface area (Å²) in [5.41, 5.74) is 1.82. The van der Waals surface area contributed by atoms with Gasteiger partial charge >= 0.3 is 5.97 Å². The predicted molar refractivity (Wildman–Crippen MR) is 97.6 cm³/mol. The molecule has 0 unspecified atom stereocenters. The predicted octanol–water partition coefficient (Wildman–Crippen LogP) is 3.55. The van der Waals surface area contributed by atoms with Gasteiger partial charge in [0.25, 0.3) is 5.91 Å². The highest BCUT2D eigenvalue weighted by atomic mass is 16.5. The summed E-state index contributed by atoms with van der Waals surface area (Å²) in [6.45, 7) is 3.46. The van der Waals surface area contributed by atoms with E-state index in [0.717, 1.165) is 19.3 Å². The lowest BCUT2D eigenvalue weighted by atomic mass is 10.1. The number of benzene rings is 1. The van der Waals surface area contributed by atoms with Gasteiger partial charge in [-0.15, -0.1) is 0 Å². The molecule has 2 atom stereocenters. The fourth-order valence-electron chi connectivity index (χ4n) is 3.23. The van der Waals surface area contributed by atoms with E-state index >= 15 is 0 Å². The van der Waals surface area contributed by atoms with Crippen molar-refractivity contribution in [3.05, 3.63) is 60.1 Å². The molecule has 1 aromatic heterocycles. The van der Waals surface area contributed by atoms with Crippen molar-refractivity contribution in [1.82, 2.24) is 4.90 Å². The van der Waals surface area contributed by atoms with E-state index in [1.807, 2.05) is 30.0 Å². The fraction of sp³-hybridized carbons (Fsp3) is 0.429. The average Bonchev–Trinajstić information content (AvgIpc) is 3.21. The molecular weight excluding hydrogens is 330 g/mol. The van der Waals surface area contributed by atoms with Crippen molar-refractivity contribution in [3.8, 4) is 0 Å². The second-order valence-electron chi connectivity index (χ2n) is 6.71. The van der Waals surface area contributed by atoms with E-state index in [1.54, 1.807) is 6.07 Å². The zero-order valence-electron chi connectivity index (χ0n) is 15.1. The third-order valence-corrected chi connectivity index (χ3v) is 4.76. The first-order valence-corrected chi connectivity index (χ1v) is 9.21. The van der Waals surface area contributed by atoms with Gasteiger partial charge in [-0.05, 0) is 43.7 Å². The molecule has 0 N–H and O–H groups in total. The van der Waals surface area contributed by atoms with E-state index in [4.69, 9.17) is 9.15 Å². The maximum Gasteiger partial charge on any atom is 0.309 e. The van der Waals surface area contributed by atoms with Crippen molar-refractivity contribution >= 4 is 11.9 Å². The highest BCUT2D eigenvalue weighted by Crippen LogP contribution is 2.40. The van der Waals surface area contributed by atoms with Crippen molar-refractivity contribution in [2.24, 2.45) is 11.8 Å². The summed E-state index contributed by atoms with van der Waals surface area (Å²) in [7, 11) is 0. The zero-order chi connectivity index (χ0) is 18.4. The molecular formula is C21H25NO4. The number of carbonyl (C=O) groups is 2. The van der Waals surface area contributed by atoms with Crippen LogP contribution >= 0.6 is 0 Å². The van der Waals surface area contributed by atoms with E-state index < -0.39 is 0 Å². The number of esters is 1. The molecule has 3 rings (SSSR count). The molecule has 1 aliphatic rings. The van der Waals surface area contributed by atoms with Crippen molar-refractivity contribution < 1.29 is 18.7 Å². The topological polar surface area (TPSA) is 59.8 Å². The van der Waals surface area contributed by atoms with Gasteiger partial charge in [-0.25, -0.2) is 0 Å². The molecule has 26 heavy (non-hydrogen) atoms. The second-order valence-corrected chi connectivity index (χ2v) is 6.71. The Kier molecular flexibility index (Phi) is 6.10. The van der Waals surface area contributed by atoms with Crippen LogP contribution in [0, 0.1) is 11.8 Å². The SMILES string of the molecule is CCOC(=O)[C@H]1C[C@@H]1CN(CCCc1ccccc1)C(=O)c1ccoc1. The van der Waals surface area contributed by atoms with E-state index in [1.165, 1.54) is 18.1 Å². The highest BCUT2D eigenvalue weighted by Gasteiger charge is 2.45. The number of hydrogen-bond acceptors (Lipinski definition) is 4. The number of amides is 1. The Hall–Kier alpha value is -2.56. The molecule has 138 valence electrons. The first-order chi connectivity index (χ1) is 12.7. The molecule has 0 aliphatic heterocycles. The van der Waals surface area contributed by atoms with E-state index in [2.05, 4.69) is 12.1 Å². The molecule has 0 bridgehead atoms. The normalized spacial score (nSPS) is 18.3. The van der Waals surface area contributed by atoms with Crippen LogP contribution in [0.2, 0.25) is 0 Å².